The highest BCUT2D eigenvalue weighted by molar-refractivity contribution is 4.81. The Morgan fingerprint density at radius 3 is 2.38 bits per heavy atom. The molecule has 0 unspecified atom stereocenters. The van der Waals surface area contributed by atoms with Gasteiger partial charge in [-0.2, -0.15) is 0 Å². The average Bonchev–Trinajstić information content (AvgIpc) is 1.61. The van der Waals surface area contributed by atoms with Crippen LogP contribution < -0.4 is 5.84 Å². The Bertz CT molecular complexity index is 105. The van der Waals surface area contributed by atoms with Crippen LogP contribution in [0.2, 0.25) is 0 Å². The average molecular weight is 114 g/mol. The minimum atomic E-state index is 0.641. The van der Waals surface area contributed by atoms with Crippen LogP contribution in [0.25, 0.3) is 0 Å². The predicted molar refractivity (Wildman–Crippen MR) is 31.6 cm³/mol. The number of hydrazine groups is 1. The molecule has 0 aromatic heterocycles. The van der Waals surface area contributed by atoms with Gasteiger partial charge in [-0.05, 0) is 6.92 Å². The van der Waals surface area contributed by atoms with E-state index < -0.39 is 0 Å². The van der Waals surface area contributed by atoms with Gasteiger partial charge >= 0.3 is 0 Å². The number of hydrogen-bond donors (Lipinski definition) is 1. The summed E-state index contributed by atoms with van der Waals surface area (Å²) in [5.74, 6) is 5.07. The second-order valence-corrected chi connectivity index (χ2v) is 1.50. The molecule has 0 saturated heterocycles. The molecule has 0 heterocycles. The van der Waals surface area contributed by atoms with E-state index >= 15 is 0 Å². The van der Waals surface area contributed by atoms with E-state index in [-0.39, 0.29) is 0 Å². The van der Waals surface area contributed by atoms with Gasteiger partial charge < -0.3 is 0 Å². The van der Waals surface area contributed by atoms with Crippen LogP contribution in [0.1, 0.15) is 6.92 Å². The molecule has 0 saturated carbocycles. The van der Waals surface area contributed by atoms with E-state index in [1.165, 1.54) is 0 Å². The molecule has 0 spiro atoms. The summed E-state index contributed by atoms with van der Waals surface area (Å²) in [6.07, 6.45) is 0. The molecule has 0 amide bonds. The summed E-state index contributed by atoms with van der Waals surface area (Å²) in [5.41, 5.74) is 0.641. The summed E-state index contributed by atoms with van der Waals surface area (Å²) in [6.45, 7) is 5.23. The zero-order chi connectivity index (χ0) is 6.57. The maximum atomic E-state index is 5.07. The van der Waals surface area contributed by atoms with Gasteiger partial charge in [0.2, 0.25) is 0 Å². The van der Waals surface area contributed by atoms with Crippen LogP contribution in [0, 0.1) is 0 Å². The van der Waals surface area contributed by atoms with Crippen LogP contribution >= 0.6 is 0 Å². The third kappa shape index (κ3) is 5.10. The van der Waals surface area contributed by atoms with Crippen molar-refractivity contribution < 1.29 is 0 Å². The molecule has 0 atom stereocenters. The fourth-order valence-corrected chi connectivity index (χ4v) is 0.147. The molecule has 0 aliphatic rings. The largest absolute Gasteiger partial charge is 0.230 e. The van der Waals surface area contributed by atoms with Crippen molar-refractivity contribution in [1.29, 1.82) is 0 Å². The van der Waals surface area contributed by atoms with Crippen molar-refractivity contribution in [2.24, 2.45) is 16.2 Å². The maximum Gasteiger partial charge on any atom is 0.0545 e. The Morgan fingerprint density at radius 1 is 1.75 bits per heavy atom. The Hall–Kier alpha value is -0.900. The SMILES string of the molecule is C=C(C)N=NN(C)N. The molecule has 0 aliphatic carbocycles. The number of nitrogens with zero attached hydrogens (tertiary/aromatic N) is 3. The lowest BCUT2D eigenvalue weighted by Gasteiger charge is -1.98. The third-order valence-electron chi connectivity index (χ3n) is 0.357. The topological polar surface area (TPSA) is 54.0 Å². The summed E-state index contributed by atoms with van der Waals surface area (Å²) < 4.78 is 0. The first-order valence-corrected chi connectivity index (χ1v) is 2.18. The van der Waals surface area contributed by atoms with Gasteiger partial charge in [0.15, 0.2) is 0 Å². The monoisotopic (exact) mass is 114 g/mol. The van der Waals surface area contributed by atoms with Gasteiger partial charge in [-0.3, -0.25) is 0 Å². The lowest BCUT2D eigenvalue weighted by Crippen LogP contribution is -2.17. The second kappa shape index (κ2) is 3.15. The van der Waals surface area contributed by atoms with E-state index in [2.05, 4.69) is 16.9 Å². The number of hydrogen-bond acceptors (Lipinski definition) is 3. The van der Waals surface area contributed by atoms with Crippen molar-refractivity contribution >= 4 is 0 Å². The number of allylic oxidation sites excluding steroid dienone is 1. The first kappa shape index (κ1) is 7.10. The van der Waals surface area contributed by atoms with Crippen LogP contribution in [0.3, 0.4) is 0 Å². The van der Waals surface area contributed by atoms with Crippen molar-refractivity contribution in [3.63, 3.8) is 0 Å². The molecule has 46 valence electrons. The zero-order valence-corrected chi connectivity index (χ0v) is 5.13. The van der Waals surface area contributed by atoms with Crippen molar-refractivity contribution in [3.05, 3.63) is 12.3 Å². The molecule has 2 N–H and O–H groups in total. The summed E-state index contributed by atoms with van der Waals surface area (Å²) >= 11 is 0. The summed E-state index contributed by atoms with van der Waals surface area (Å²) in [5, 5.41) is 8.14. The fraction of sp³-hybridized carbons (Fsp3) is 0.500. The lowest BCUT2D eigenvalue weighted by molar-refractivity contribution is 0.345. The van der Waals surface area contributed by atoms with Crippen molar-refractivity contribution in [2.45, 2.75) is 6.92 Å². The van der Waals surface area contributed by atoms with Gasteiger partial charge in [0.05, 0.1) is 5.70 Å². The number of rotatable bonds is 2. The standard InChI is InChI=1S/C4H10N4/c1-4(2)6-7-8(3)5/h1,5H2,2-3H3. The molecule has 0 bridgehead atoms. The highest BCUT2D eigenvalue weighted by atomic mass is 15.7. The molecule has 8 heavy (non-hydrogen) atoms. The van der Waals surface area contributed by atoms with E-state index in [1.54, 1.807) is 14.0 Å². The van der Waals surface area contributed by atoms with Crippen LogP contribution in [0.15, 0.2) is 22.6 Å². The molecule has 4 heteroatoms. The van der Waals surface area contributed by atoms with Gasteiger partial charge in [0.1, 0.15) is 0 Å². The third-order valence-corrected chi connectivity index (χ3v) is 0.357. The van der Waals surface area contributed by atoms with E-state index in [1.807, 2.05) is 0 Å². The smallest absolute Gasteiger partial charge is 0.0545 e. The van der Waals surface area contributed by atoms with Crippen LogP contribution in [-0.4, -0.2) is 12.2 Å². The van der Waals surface area contributed by atoms with Crippen molar-refractivity contribution in [1.82, 2.24) is 5.12 Å². The van der Waals surface area contributed by atoms with E-state index in [0.29, 0.717) is 5.70 Å². The zero-order valence-electron chi connectivity index (χ0n) is 5.13. The molecule has 0 fully saturated rings. The van der Waals surface area contributed by atoms with Crippen LogP contribution in [0.4, 0.5) is 0 Å². The summed E-state index contributed by atoms with van der Waals surface area (Å²) in [7, 11) is 1.59. The van der Waals surface area contributed by atoms with Gasteiger partial charge in [0, 0.05) is 7.05 Å². The van der Waals surface area contributed by atoms with Crippen molar-refractivity contribution in [2.75, 3.05) is 7.05 Å². The fourth-order valence-electron chi connectivity index (χ4n) is 0.147. The van der Waals surface area contributed by atoms with E-state index in [0.717, 1.165) is 5.12 Å². The normalized spacial score (nSPS) is 9.88. The molecule has 0 aromatic carbocycles. The van der Waals surface area contributed by atoms with Crippen LogP contribution in [0.5, 0.6) is 0 Å². The highest BCUT2D eigenvalue weighted by Gasteiger charge is 1.76. The van der Waals surface area contributed by atoms with Gasteiger partial charge in [-0.25, -0.2) is 11.0 Å². The molecular formula is C4H10N4. The molecule has 0 radical (unpaired) electrons. The first-order chi connectivity index (χ1) is 3.63. The van der Waals surface area contributed by atoms with Gasteiger partial charge in [-0.1, -0.05) is 11.8 Å². The Kier molecular flexibility index (Phi) is 2.79. The second-order valence-electron chi connectivity index (χ2n) is 1.50. The predicted octanol–water partition coefficient (Wildman–Crippen LogP) is 0.693. The van der Waals surface area contributed by atoms with Crippen molar-refractivity contribution in [3.8, 4) is 0 Å². The minimum absolute atomic E-state index is 0.641. The van der Waals surface area contributed by atoms with Gasteiger partial charge in [0.25, 0.3) is 0 Å². The van der Waals surface area contributed by atoms with E-state index in [9.17, 15) is 0 Å². The van der Waals surface area contributed by atoms with Crippen LogP contribution in [-0.2, 0) is 0 Å². The molecule has 4 nitrogen and oxygen atoms in total. The van der Waals surface area contributed by atoms with Gasteiger partial charge in [-0.15, -0.1) is 5.11 Å². The summed E-state index contributed by atoms with van der Waals surface area (Å²) in [6, 6.07) is 0. The first-order valence-electron chi connectivity index (χ1n) is 2.18. The Balaban J connectivity index is 3.50. The molecular weight excluding hydrogens is 104 g/mol. The lowest BCUT2D eigenvalue weighted by atomic mass is 10.6. The Morgan fingerprint density at radius 2 is 2.25 bits per heavy atom. The quantitative estimate of drug-likeness (QED) is 0.326. The highest BCUT2D eigenvalue weighted by Crippen LogP contribution is 1.88. The maximum absolute atomic E-state index is 5.07. The molecule has 0 aromatic rings. The molecule has 0 aliphatic heterocycles. The minimum Gasteiger partial charge on any atom is -0.230 e. The van der Waals surface area contributed by atoms with E-state index in [4.69, 9.17) is 5.84 Å². The Labute approximate surface area is 48.6 Å². The molecule has 0 rings (SSSR count). The number of nitrogens with two attached hydrogens (primary N) is 1. The summed E-state index contributed by atoms with van der Waals surface area (Å²) in [4.78, 5) is 0.